The van der Waals surface area contributed by atoms with Crippen LogP contribution in [-0.4, -0.2) is 18.0 Å². The van der Waals surface area contributed by atoms with E-state index in [1.165, 1.54) is 6.08 Å². The fourth-order valence-corrected chi connectivity index (χ4v) is 1.96. The van der Waals surface area contributed by atoms with E-state index in [1.54, 1.807) is 19.5 Å². The number of benzene rings is 1. The smallest absolute Gasteiger partial charge is 0.271 e. The van der Waals surface area contributed by atoms with Crippen LogP contribution in [0.2, 0.25) is 0 Å². The molecule has 2 heterocycles. The average molecular weight is 253 g/mol. The number of amides is 1. The van der Waals surface area contributed by atoms with Gasteiger partial charge in [0.1, 0.15) is 11.1 Å². The maximum Gasteiger partial charge on any atom is 0.271 e. The second-order valence-corrected chi connectivity index (χ2v) is 4.07. The summed E-state index contributed by atoms with van der Waals surface area (Å²) in [6, 6.07) is 7.40. The van der Waals surface area contributed by atoms with Gasteiger partial charge < -0.3 is 10.1 Å². The van der Waals surface area contributed by atoms with E-state index in [2.05, 4.69) is 15.3 Å². The molecule has 2 aromatic rings. The number of nitrogens with zero attached hydrogens (tertiary/aromatic N) is 2. The summed E-state index contributed by atoms with van der Waals surface area (Å²) in [5.41, 5.74) is 1.75. The number of aromatic nitrogens is 1. The third-order valence-electron chi connectivity index (χ3n) is 2.79. The first kappa shape index (κ1) is 11.4. The number of hydrogen-bond acceptors (Lipinski definition) is 4. The highest BCUT2D eigenvalue weighted by molar-refractivity contribution is 6.06. The molecule has 1 N–H and O–H groups in total. The minimum atomic E-state index is -0.255. The van der Waals surface area contributed by atoms with Gasteiger partial charge in [0.2, 0.25) is 0 Å². The molecule has 1 aromatic carbocycles. The number of fused-ring (bicyclic) bond motifs is 1. The summed E-state index contributed by atoms with van der Waals surface area (Å²) in [5.74, 6) is 0.325. The average Bonchev–Trinajstić information content (AvgIpc) is 2.79. The van der Waals surface area contributed by atoms with E-state index in [9.17, 15) is 4.79 Å². The van der Waals surface area contributed by atoms with Crippen molar-refractivity contribution in [3.05, 3.63) is 47.2 Å². The Balaban J connectivity index is 2.06. The summed E-state index contributed by atoms with van der Waals surface area (Å²) in [6.45, 7) is 0. The lowest BCUT2D eigenvalue weighted by atomic mass is 10.2. The van der Waals surface area contributed by atoms with Crippen LogP contribution in [0.1, 0.15) is 0 Å². The van der Waals surface area contributed by atoms with Crippen LogP contribution in [-0.2, 0) is 4.79 Å². The molecule has 0 unspecified atom stereocenters. The summed E-state index contributed by atoms with van der Waals surface area (Å²) < 4.78 is 5.27. The summed E-state index contributed by atoms with van der Waals surface area (Å²) >= 11 is 0. The third kappa shape index (κ3) is 2.18. The maximum absolute atomic E-state index is 11.3. The summed E-state index contributed by atoms with van der Waals surface area (Å²) in [5, 5.41) is 4.59. The SMILES string of the molecule is COc1cc(Nc2ccncc2)cc2c1=NC(=O)C=2. The van der Waals surface area contributed by atoms with Gasteiger partial charge in [0.25, 0.3) is 5.91 Å². The summed E-state index contributed by atoms with van der Waals surface area (Å²) in [6.07, 6.45) is 4.91. The number of carbonyl (C=O) groups excluding carboxylic acids is 1. The molecule has 5 heteroatoms. The molecule has 0 atom stereocenters. The number of hydrogen-bond donors (Lipinski definition) is 1. The van der Waals surface area contributed by atoms with Gasteiger partial charge in [-0.15, -0.1) is 0 Å². The van der Waals surface area contributed by atoms with E-state index < -0.39 is 0 Å². The van der Waals surface area contributed by atoms with Gasteiger partial charge in [-0.05, 0) is 18.2 Å². The van der Waals surface area contributed by atoms with Crippen molar-refractivity contribution in [3.63, 3.8) is 0 Å². The molecule has 5 nitrogen and oxygen atoms in total. The number of carbonyl (C=O) groups is 1. The second kappa shape index (κ2) is 4.53. The largest absolute Gasteiger partial charge is 0.494 e. The van der Waals surface area contributed by atoms with Gasteiger partial charge >= 0.3 is 0 Å². The van der Waals surface area contributed by atoms with Crippen molar-refractivity contribution in [2.24, 2.45) is 4.99 Å². The van der Waals surface area contributed by atoms with Crippen molar-refractivity contribution >= 4 is 23.4 Å². The highest BCUT2D eigenvalue weighted by Crippen LogP contribution is 2.17. The van der Waals surface area contributed by atoms with Crippen molar-refractivity contribution in [1.82, 2.24) is 4.98 Å². The Kier molecular flexibility index (Phi) is 2.72. The Hall–Kier alpha value is -2.69. The lowest BCUT2D eigenvalue weighted by molar-refractivity contribution is -0.112. The van der Waals surface area contributed by atoms with Crippen molar-refractivity contribution < 1.29 is 9.53 Å². The minimum Gasteiger partial charge on any atom is -0.494 e. The van der Waals surface area contributed by atoms with E-state index in [0.29, 0.717) is 11.1 Å². The normalized spacial score (nSPS) is 12.4. The molecule has 3 rings (SSSR count). The van der Waals surface area contributed by atoms with E-state index in [-0.39, 0.29) is 5.91 Å². The zero-order valence-electron chi connectivity index (χ0n) is 10.3. The maximum atomic E-state index is 11.3. The molecule has 0 saturated heterocycles. The van der Waals surface area contributed by atoms with Crippen LogP contribution < -0.4 is 20.6 Å². The van der Waals surface area contributed by atoms with Crippen LogP contribution in [0.5, 0.6) is 5.75 Å². The van der Waals surface area contributed by atoms with Crippen molar-refractivity contribution in [3.8, 4) is 5.75 Å². The second-order valence-electron chi connectivity index (χ2n) is 4.07. The van der Waals surface area contributed by atoms with Crippen LogP contribution in [0, 0.1) is 0 Å². The number of rotatable bonds is 3. The van der Waals surface area contributed by atoms with Crippen LogP contribution in [0.25, 0.3) is 6.08 Å². The molecular weight excluding hydrogens is 242 g/mol. The first-order valence-electron chi connectivity index (χ1n) is 5.76. The highest BCUT2D eigenvalue weighted by atomic mass is 16.5. The van der Waals surface area contributed by atoms with E-state index in [0.717, 1.165) is 16.6 Å². The molecule has 0 radical (unpaired) electrons. The molecule has 94 valence electrons. The monoisotopic (exact) mass is 253 g/mol. The van der Waals surface area contributed by atoms with Crippen molar-refractivity contribution in [1.29, 1.82) is 0 Å². The Bertz CT molecular complexity index is 754. The molecule has 1 aromatic heterocycles. The van der Waals surface area contributed by atoms with Gasteiger partial charge in [0.05, 0.1) is 7.11 Å². The van der Waals surface area contributed by atoms with Crippen LogP contribution in [0.15, 0.2) is 41.7 Å². The summed E-state index contributed by atoms with van der Waals surface area (Å²) in [4.78, 5) is 19.2. The van der Waals surface area contributed by atoms with Gasteiger partial charge in [-0.1, -0.05) is 0 Å². The number of pyridine rings is 1. The first-order chi connectivity index (χ1) is 9.26. The predicted octanol–water partition coefficient (Wildman–Crippen LogP) is 0.774. The highest BCUT2D eigenvalue weighted by Gasteiger charge is 2.10. The zero-order chi connectivity index (χ0) is 13.2. The lowest BCUT2D eigenvalue weighted by Crippen LogP contribution is -2.23. The molecule has 0 spiro atoms. The predicted molar refractivity (Wildman–Crippen MR) is 70.8 cm³/mol. The number of nitrogens with one attached hydrogen (secondary N) is 1. The molecule has 0 fully saturated rings. The van der Waals surface area contributed by atoms with Crippen LogP contribution in [0.4, 0.5) is 11.4 Å². The van der Waals surface area contributed by atoms with Gasteiger partial charge in [0, 0.05) is 41.1 Å². The van der Waals surface area contributed by atoms with Crippen LogP contribution >= 0.6 is 0 Å². The standard InChI is InChI=1S/C14H11N3O2/c1-19-12-8-11(16-10-2-4-15-5-3-10)6-9-7-13(18)17-14(9)12/h2-8H,1H3,(H,15,16). The van der Waals surface area contributed by atoms with E-state index in [1.807, 2.05) is 24.3 Å². The molecular formula is C14H11N3O2. The van der Waals surface area contributed by atoms with Gasteiger partial charge in [-0.3, -0.25) is 9.78 Å². The number of methoxy groups -OCH3 is 1. The third-order valence-corrected chi connectivity index (χ3v) is 2.79. The Labute approximate surface area is 109 Å². The molecule has 0 aliphatic carbocycles. The van der Waals surface area contributed by atoms with Gasteiger partial charge in [-0.2, -0.15) is 0 Å². The molecule has 0 bridgehead atoms. The fourth-order valence-electron chi connectivity index (χ4n) is 1.96. The minimum absolute atomic E-state index is 0.255. The molecule has 19 heavy (non-hydrogen) atoms. The van der Waals surface area contributed by atoms with Crippen molar-refractivity contribution in [2.45, 2.75) is 0 Å². The van der Waals surface area contributed by atoms with Crippen molar-refractivity contribution in [2.75, 3.05) is 12.4 Å². The molecule has 0 saturated carbocycles. The van der Waals surface area contributed by atoms with E-state index >= 15 is 0 Å². The Morgan fingerprint density at radius 3 is 2.68 bits per heavy atom. The lowest BCUT2D eigenvalue weighted by Gasteiger charge is -2.07. The zero-order valence-corrected chi connectivity index (χ0v) is 10.3. The molecule has 1 aliphatic rings. The number of anilines is 2. The molecule has 1 aliphatic heterocycles. The topological polar surface area (TPSA) is 63.6 Å². The van der Waals surface area contributed by atoms with Gasteiger partial charge in [0.15, 0.2) is 0 Å². The Morgan fingerprint density at radius 2 is 1.95 bits per heavy atom. The van der Waals surface area contributed by atoms with E-state index in [4.69, 9.17) is 4.74 Å². The summed E-state index contributed by atoms with van der Waals surface area (Å²) in [7, 11) is 1.56. The Morgan fingerprint density at radius 1 is 1.16 bits per heavy atom. The number of ether oxygens (including phenoxy) is 1. The molecule has 1 amide bonds. The first-order valence-corrected chi connectivity index (χ1v) is 5.76. The van der Waals surface area contributed by atoms with Crippen LogP contribution in [0.3, 0.4) is 0 Å². The fraction of sp³-hybridized carbons (Fsp3) is 0.0714. The van der Waals surface area contributed by atoms with Gasteiger partial charge in [-0.25, -0.2) is 4.99 Å². The quantitative estimate of drug-likeness (QED) is 0.877.